The number of ether oxygens (including phenoxy) is 1. The molecule has 106 valence electrons. The number of aromatic nitrogens is 1. The zero-order valence-corrected chi connectivity index (χ0v) is 11.4. The van der Waals surface area contributed by atoms with Gasteiger partial charge in [-0.1, -0.05) is 24.3 Å². The van der Waals surface area contributed by atoms with E-state index < -0.39 is 12.0 Å². The van der Waals surface area contributed by atoms with Gasteiger partial charge in [0.2, 0.25) is 0 Å². The lowest BCUT2D eigenvalue weighted by Gasteiger charge is -2.13. The lowest BCUT2D eigenvalue weighted by molar-refractivity contribution is -0.140. The number of hydrogen-bond acceptors (Lipinski definition) is 4. The molecule has 0 saturated carbocycles. The van der Waals surface area contributed by atoms with Crippen LogP contribution in [0.2, 0.25) is 0 Å². The molecule has 1 heterocycles. The van der Waals surface area contributed by atoms with Crippen molar-refractivity contribution in [3.63, 3.8) is 0 Å². The zero-order chi connectivity index (χ0) is 14.4. The van der Waals surface area contributed by atoms with Crippen molar-refractivity contribution in [2.24, 2.45) is 0 Å². The number of carboxylic acids is 1. The van der Waals surface area contributed by atoms with Gasteiger partial charge in [-0.05, 0) is 18.1 Å². The first-order chi connectivity index (χ1) is 9.72. The van der Waals surface area contributed by atoms with Gasteiger partial charge in [0.05, 0.1) is 12.1 Å². The minimum absolute atomic E-state index is 0.156. The summed E-state index contributed by atoms with van der Waals surface area (Å²) >= 11 is 0. The Morgan fingerprint density at radius 2 is 2.20 bits per heavy atom. The number of carboxylic acid groups (broad SMARTS) is 1. The molecule has 1 atom stereocenters. The van der Waals surface area contributed by atoms with E-state index in [-0.39, 0.29) is 6.61 Å². The molecule has 2 rings (SSSR count). The van der Waals surface area contributed by atoms with Gasteiger partial charge in [-0.15, -0.1) is 0 Å². The number of pyridine rings is 1. The largest absolute Gasteiger partial charge is 0.480 e. The third-order valence-electron chi connectivity index (χ3n) is 3.13. The predicted octanol–water partition coefficient (Wildman–Crippen LogP) is 1.47. The van der Waals surface area contributed by atoms with E-state index in [9.17, 15) is 4.79 Å². The molecule has 1 aromatic carbocycles. The van der Waals surface area contributed by atoms with Gasteiger partial charge in [-0.2, -0.15) is 0 Å². The molecule has 0 spiro atoms. The van der Waals surface area contributed by atoms with Gasteiger partial charge in [0.25, 0.3) is 0 Å². The number of methoxy groups -OCH3 is 1. The third-order valence-corrected chi connectivity index (χ3v) is 3.13. The Kier molecular flexibility index (Phi) is 5.03. The highest BCUT2D eigenvalue weighted by Gasteiger charge is 2.15. The molecule has 0 saturated heterocycles. The van der Waals surface area contributed by atoms with E-state index >= 15 is 0 Å². The molecule has 2 aromatic rings. The van der Waals surface area contributed by atoms with Gasteiger partial charge in [0.1, 0.15) is 6.04 Å². The average molecular weight is 274 g/mol. The molecule has 0 bridgehead atoms. The molecule has 1 unspecified atom stereocenters. The Balaban J connectivity index is 2.01. The number of benzene rings is 1. The van der Waals surface area contributed by atoms with Crippen LogP contribution in [0.5, 0.6) is 0 Å². The molecule has 0 aliphatic rings. The molecule has 0 aliphatic carbocycles. The Bertz CT molecular complexity index is 581. The maximum atomic E-state index is 11.0. The van der Waals surface area contributed by atoms with Gasteiger partial charge in [0.15, 0.2) is 0 Å². The molecule has 0 aliphatic heterocycles. The highest BCUT2D eigenvalue weighted by molar-refractivity contribution is 5.81. The lowest BCUT2D eigenvalue weighted by Crippen LogP contribution is -2.41. The molecule has 5 nitrogen and oxygen atoms in total. The minimum Gasteiger partial charge on any atom is -0.480 e. The van der Waals surface area contributed by atoms with E-state index in [0.29, 0.717) is 6.54 Å². The fourth-order valence-corrected chi connectivity index (χ4v) is 2.13. The Hall–Kier alpha value is -1.98. The summed E-state index contributed by atoms with van der Waals surface area (Å²) in [5, 5.41) is 13.1. The number of para-hydroxylation sites is 1. The predicted molar refractivity (Wildman–Crippen MR) is 76.7 cm³/mol. The monoisotopic (exact) mass is 274 g/mol. The summed E-state index contributed by atoms with van der Waals surface area (Å²) in [4.78, 5) is 15.4. The molecule has 0 radical (unpaired) electrons. The highest BCUT2D eigenvalue weighted by Crippen LogP contribution is 2.15. The number of nitrogens with one attached hydrogen (secondary N) is 1. The van der Waals surface area contributed by atoms with Gasteiger partial charge >= 0.3 is 5.97 Å². The zero-order valence-electron chi connectivity index (χ0n) is 11.4. The molecular formula is C15H18N2O3. The van der Waals surface area contributed by atoms with Crippen LogP contribution in [-0.4, -0.2) is 42.4 Å². The van der Waals surface area contributed by atoms with Crippen molar-refractivity contribution < 1.29 is 14.6 Å². The lowest BCUT2D eigenvalue weighted by atomic mass is 10.1. The van der Waals surface area contributed by atoms with E-state index in [4.69, 9.17) is 9.84 Å². The maximum absolute atomic E-state index is 11.0. The summed E-state index contributed by atoms with van der Waals surface area (Å²) in [6.07, 6.45) is 2.49. The molecule has 2 N–H and O–H groups in total. The summed E-state index contributed by atoms with van der Waals surface area (Å²) < 4.78 is 4.88. The second-order valence-electron chi connectivity index (χ2n) is 4.54. The summed E-state index contributed by atoms with van der Waals surface area (Å²) in [5.74, 6) is -0.900. The summed E-state index contributed by atoms with van der Waals surface area (Å²) in [5.41, 5.74) is 2.08. The number of carbonyl (C=O) groups is 1. The summed E-state index contributed by atoms with van der Waals surface area (Å²) in [7, 11) is 1.49. The Morgan fingerprint density at radius 3 is 2.95 bits per heavy atom. The quantitative estimate of drug-likeness (QED) is 0.800. The van der Waals surface area contributed by atoms with Crippen LogP contribution < -0.4 is 5.32 Å². The van der Waals surface area contributed by atoms with Crippen molar-refractivity contribution in [2.45, 2.75) is 12.5 Å². The standard InChI is InChI=1S/C15H18N2O3/c1-20-10-13(15(18)19)16-9-7-12-5-2-4-11-6-3-8-17-14(11)12/h2-6,8,13,16H,7,9-10H2,1H3,(H,18,19). The van der Waals surface area contributed by atoms with Crippen LogP contribution in [0.15, 0.2) is 36.5 Å². The van der Waals surface area contributed by atoms with Crippen LogP contribution in [0.3, 0.4) is 0 Å². The normalized spacial score (nSPS) is 12.4. The van der Waals surface area contributed by atoms with Crippen molar-refractivity contribution in [3.05, 3.63) is 42.1 Å². The van der Waals surface area contributed by atoms with Crippen LogP contribution in [-0.2, 0) is 16.0 Å². The SMILES string of the molecule is COCC(NCCc1cccc2cccnc12)C(=O)O. The van der Waals surface area contributed by atoms with Crippen molar-refractivity contribution >= 4 is 16.9 Å². The molecule has 20 heavy (non-hydrogen) atoms. The van der Waals surface area contributed by atoms with E-state index in [2.05, 4.69) is 10.3 Å². The van der Waals surface area contributed by atoms with Crippen molar-refractivity contribution in [1.29, 1.82) is 0 Å². The summed E-state index contributed by atoms with van der Waals surface area (Å²) in [6, 6.07) is 9.27. The number of fused-ring (bicyclic) bond motifs is 1. The van der Waals surface area contributed by atoms with Crippen LogP contribution >= 0.6 is 0 Å². The molecule has 0 amide bonds. The highest BCUT2D eigenvalue weighted by atomic mass is 16.5. The van der Waals surface area contributed by atoms with E-state index in [1.54, 1.807) is 6.20 Å². The first-order valence-corrected chi connectivity index (χ1v) is 6.50. The average Bonchev–Trinajstić information content (AvgIpc) is 2.46. The fraction of sp³-hybridized carbons (Fsp3) is 0.333. The number of aliphatic carboxylic acids is 1. The Morgan fingerprint density at radius 1 is 1.40 bits per heavy atom. The van der Waals surface area contributed by atoms with Crippen molar-refractivity contribution in [2.75, 3.05) is 20.3 Å². The van der Waals surface area contributed by atoms with Crippen molar-refractivity contribution in [3.8, 4) is 0 Å². The fourth-order valence-electron chi connectivity index (χ4n) is 2.13. The van der Waals surface area contributed by atoms with Crippen LogP contribution in [0, 0.1) is 0 Å². The number of rotatable bonds is 7. The third kappa shape index (κ3) is 3.53. The number of hydrogen-bond donors (Lipinski definition) is 2. The van der Waals surface area contributed by atoms with Crippen molar-refractivity contribution in [1.82, 2.24) is 10.3 Å². The maximum Gasteiger partial charge on any atom is 0.323 e. The first kappa shape index (κ1) is 14.4. The van der Waals surface area contributed by atoms with E-state index in [1.165, 1.54) is 7.11 Å². The topological polar surface area (TPSA) is 71.5 Å². The van der Waals surface area contributed by atoms with Gasteiger partial charge < -0.3 is 15.2 Å². The molecule has 0 fully saturated rings. The smallest absolute Gasteiger partial charge is 0.323 e. The van der Waals surface area contributed by atoms with Crippen LogP contribution in [0.1, 0.15) is 5.56 Å². The van der Waals surface area contributed by atoms with Gasteiger partial charge in [-0.25, -0.2) is 0 Å². The van der Waals surface area contributed by atoms with Crippen LogP contribution in [0.4, 0.5) is 0 Å². The van der Waals surface area contributed by atoms with E-state index in [1.807, 2.05) is 30.3 Å². The second kappa shape index (κ2) is 6.98. The van der Waals surface area contributed by atoms with Crippen LogP contribution in [0.25, 0.3) is 10.9 Å². The second-order valence-corrected chi connectivity index (χ2v) is 4.54. The van der Waals surface area contributed by atoms with Gasteiger partial charge in [-0.3, -0.25) is 9.78 Å². The molecule has 1 aromatic heterocycles. The molecule has 5 heteroatoms. The Labute approximate surface area is 117 Å². The van der Waals surface area contributed by atoms with Gasteiger partial charge in [0, 0.05) is 25.2 Å². The number of nitrogens with zero attached hydrogens (tertiary/aromatic N) is 1. The minimum atomic E-state index is -0.900. The summed E-state index contributed by atoms with van der Waals surface area (Å²) in [6.45, 7) is 0.721. The molecular weight excluding hydrogens is 256 g/mol. The van der Waals surface area contributed by atoms with E-state index in [0.717, 1.165) is 22.9 Å². The first-order valence-electron chi connectivity index (χ1n) is 6.50.